The summed E-state index contributed by atoms with van der Waals surface area (Å²) in [6.07, 6.45) is 0.295. The molecule has 0 fully saturated rings. The van der Waals surface area contributed by atoms with Gasteiger partial charge in [0.25, 0.3) is 0 Å². The fourth-order valence-electron chi connectivity index (χ4n) is 1.19. The van der Waals surface area contributed by atoms with Gasteiger partial charge in [0, 0.05) is 34.4 Å². The lowest BCUT2D eigenvalue weighted by Gasteiger charge is -2.11. The molecule has 0 aliphatic carbocycles. The number of hydrogen-bond donors (Lipinski definition) is 1. The van der Waals surface area contributed by atoms with Gasteiger partial charge in [-0.05, 0) is 35.8 Å². The Hall–Kier alpha value is 0.1000. The van der Waals surface area contributed by atoms with E-state index < -0.39 is 0 Å². The number of nitrogens with one attached hydrogen (secondary N) is 1. The van der Waals surface area contributed by atoms with Gasteiger partial charge in [-0.1, -0.05) is 0 Å². The number of ether oxygens (including phenoxy) is 1. The molecule has 1 aromatic rings. The first-order valence-electron chi connectivity index (χ1n) is 4.77. The molecule has 80 valence electrons. The Kier molecular flexibility index (Phi) is 5.70. The van der Waals surface area contributed by atoms with Crippen molar-refractivity contribution in [2.75, 3.05) is 13.2 Å². The number of halogens is 1. The normalized spacial score (nSPS) is 13.1. The van der Waals surface area contributed by atoms with Crippen LogP contribution in [0.15, 0.2) is 15.9 Å². The van der Waals surface area contributed by atoms with Crippen molar-refractivity contribution in [1.29, 1.82) is 0 Å². The molecule has 0 aromatic carbocycles. The summed E-state index contributed by atoms with van der Waals surface area (Å²) in [6, 6.07) is 2.14. The van der Waals surface area contributed by atoms with Crippen LogP contribution in [-0.4, -0.2) is 19.3 Å². The molecule has 14 heavy (non-hydrogen) atoms. The molecule has 0 saturated heterocycles. The maximum atomic E-state index is 5.42. The van der Waals surface area contributed by atoms with Gasteiger partial charge in [0.1, 0.15) is 0 Å². The Morgan fingerprint density at radius 3 is 3.00 bits per heavy atom. The van der Waals surface area contributed by atoms with Crippen molar-refractivity contribution >= 4 is 27.3 Å². The highest BCUT2D eigenvalue weighted by Gasteiger charge is 2.01. The molecule has 1 unspecified atom stereocenters. The first kappa shape index (κ1) is 12.2. The number of rotatable bonds is 6. The van der Waals surface area contributed by atoms with E-state index in [1.165, 1.54) is 4.88 Å². The van der Waals surface area contributed by atoms with E-state index in [0.29, 0.717) is 6.10 Å². The van der Waals surface area contributed by atoms with Crippen molar-refractivity contribution in [3.8, 4) is 0 Å². The summed E-state index contributed by atoms with van der Waals surface area (Å²) in [4.78, 5) is 1.35. The molecule has 1 atom stereocenters. The molecule has 0 saturated carbocycles. The van der Waals surface area contributed by atoms with Crippen LogP contribution in [0.1, 0.15) is 18.7 Å². The van der Waals surface area contributed by atoms with Gasteiger partial charge in [-0.15, -0.1) is 11.3 Å². The highest BCUT2D eigenvalue weighted by atomic mass is 79.9. The number of thiophene rings is 1. The smallest absolute Gasteiger partial charge is 0.0671 e. The van der Waals surface area contributed by atoms with Crippen molar-refractivity contribution < 1.29 is 4.74 Å². The van der Waals surface area contributed by atoms with E-state index in [-0.39, 0.29) is 0 Å². The molecular weight excluding hydrogens is 262 g/mol. The minimum absolute atomic E-state index is 0.295. The standard InChI is InChI=1S/C10H16BrNOS/c1-3-13-8(2)5-12-6-10-4-9(11)7-14-10/h4,7-8,12H,3,5-6H2,1-2H3. The van der Waals surface area contributed by atoms with Crippen molar-refractivity contribution in [2.24, 2.45) is 0 Å². The van der Waals surface area contributed by atoms with Crippen LogP contribution in [0.25, 0.3) is 0 Å². The third kappa shape index (κ3) is 4.55. The van der Waals surface area contributed by atoms with Crippen molar-refractivity contribution in [1.82, 2.24) is 5.32 Å². The van der Waals surface area contributed by atoms with E-state index in [0.717, 1.165) is 24.2 Å². The third-order valence-corrected chi connectivity index (χ3v) is 3.50. The molecule has 0 bridgehead atoms. The van der Waals surface area contributed by atoms with Crippen LogP contribution in [-0.2, 0) is 11.3 Å². The molecule has 0 aliphatic rings. The van der Waals surface area contributed by atoms with Crippen LogP contribution < -0.4 is 5.32 Å². The SMILES string of the molecule is CCOC(C)CNCc1cc(Br)cs1. The Morgan fingerprint density at radius 2 is 2.43 bits per heavy atom. The summed E-state index contributed by atoms with van der Waals surface area (Å²) in [5, 5.41) is 5.46. The Balaban J connectivity index is 2.15. The zero-order valence-electron chi connectivity index (χ0n) is 8.55. The topological polar surface area (TPSA) is 21.3 Å². The van der Waals surface area contributed by atoms with Crippen molar-refractivity contribution in [3.05, 3.63) is 20.8 Å². The minimum atomic E-state index is 0.295. The predicted molar refractivity (Wildman–Crippen MR) is 64.8 cm³/mol. The van der Waals surface area contributed by atoms with E-state index in [2.05, 4.69) is 39.6 Å². The first-order valence-corrected chi connectivity index (χ1v) is 6.45. The minimum Gasteiger partial charge on any atom is -0.377 e. The fourth-order valence-corrected chi connectivity index (χ4v) is 2.61. The Bertz CT molecular complexity index is 264. The maximum absolute atomic E-state index is 5.42. The van der Waals surface area contributed by atoms with Crippen LogP contribution in [0, 0.1) is 0 Å². The molecule has 0 spiro atoms. The van der Waals surface area contributed by atoms with Gasteiger partial charge >= 0.3 is 0 Å². The lowest BCUT2D eigenvalue weighted by atomic mass is 10.4. The quantitative estimate of drug-likeness (QED) is 0.863. The largest absolute Gasteiger partial charge is 0.377 e. The van der Waals surface area contributed by atoms with Crippen LogP contribution in [0.3, 0.4) is 0 Å². The summed E-state index contributed by atoms with van der Waals surface area (Å²) in [7, 11) is 0. The lowest BCUT2D eigenvalue weighted by molar-refractivity contribution is 0.0760. The molecule has 1 rings (SSSR count). The number of hydrogen-bond acceptors (Lipinski definition) is 3. The van der Waals surface area contributed by atoms with Crippen molar-refractivity contribution in [3.63, 3.8) is 0 Å². The highest BCUT2D eigenvalue weighted by Crippen LogP contribution is 2.19. The first-order chi connectivity index (χ1) is 6.72. The van der Waals surface area contributed by atoms with E-state index >= 15 is 0 Å². The van der Waals surface area contributed by atoms with Gasteiger partial charge in [0.15, 0.2) is 0 Å². The summed E-state index contributed by atoms with van der Waals surface area (Å²) >= 11 is 5.20. The molecule has 2 nitrogen and oxygen atoms in total. The van der Waals surface area contributed by atoms with Gasteiger partial charge < -0.3 is 10.1 Å². The zero-order chi connectivity index (χ0) is 10.4. The average Bonchev–Trinajstić information content (AvgIpc) is 2.52. The molecule has 0 aliphatic heterocycles. The average molecular weight is 278 g/mol. The fraction of sp³-hybridized carbons (Fsp3) is 0.600. The van der Waals surface area contributed by atoms with E-state index in [1.54, 1.807) is 11.3 Å². The molecule has 1 heterocycles. The highest BCUT2D eigenvalue weighted by molar-refractivity contribution is 9.10. The zero-order valence-corrected chi connectivity index (χ0v) is 11.0. The van der Waals surface area contributed by atoms with E-state index in [1.807, 2.05) is 6.92 Å². The van der Waals surface area contributed by atoms with E-state index in [4.69, 9.17) is 4.74 Å². The second kappa shape index (κ2) is 6.56. The molecule has 0 amide bonds. The third-order valence-electron chi connectivity index (χ3n) is 1.80. The van der Waals surface area contributed by atoms with Gasteiger partial charge in [-0.3, -0.25) is 0 Å². The summed E-state index contributed by atoms with van der Waals surface area (Å²) in [6.45, 7) is 6.72. The second-order valence-corrected chi connectivity index (χ2v) is 5.04. The van der Waals surface area contributed by atoms with Gasteiger partial charge in [0.05, 0.1) is 6.10 Å². The monoisotopic (exact) mass is 277 g/mol. The molecule has 1 N–H and O–H groups in total. The van der Waals surface area contributed by atoms with Crippen LogP contribution in [0.2, 0.25) is 0 Å². The molecule has 1 aromatic heterocycles. The summed E-state index contributed by atoms with van der Waals surface area (Å²) in [5.41, 5.74) is 0. The van der Waals surface area contributed by atoms with E-state index in [9.17, 15) is 0 Å². The van der Waals surface area contributed by atoms with Crippen molar-refractivity contribution in [2.45, 2.75) is 26.5 Å². The summed E-state index contributed by atoms with van der Waals surface area (Å²) in [5.74, 6) is 0. The Labute approximate surface area is 97.8 Å². The van der Waals surface area contributed by atoms with Gasteiger partial charge in [-0.2, -0.15) is 0 Å². The Morgan fingerprint density at radius 1 is 1.64 bits per heavy atom. The maximum Gasteiger partial charge on any atom is 0.0671 e. The second-order valence-electron chi connectivity index (χ2n) is 3.13. The predicted octanol–water partition coefficient (Wildman–Crippen LogP) is 3.03. The molecule has 0 radical (unpaired) electrons. The molecular formula is C10H16BrNOS. The summed E-state index contributed by atoms with van der Waals surface area (Å²) < 4.78 is 6.58. The van der Waals surface area contributed by atoms with Crippen LogP contribution in [0.5, 0.6) is 0 Å². The van der Waals surface area contributed by atoms with Gasteiger partial charge in [0.2, 0.25) is 0 Å². The lowest BCUT2D eigenvalue weighted by Crippen LogP contribution is -2.26. The van der Waals surface area contributed by atoms with Crippen LogP contribution in [0.4, 0.5) is 0 Å². The van der Waals surface area contributed by atoms with Crippen LogP contribution >= 0.6 is 27.3 Å². The van der Waals surface area contributed by atoms with Gasteiger partial charge in [-0.25, -0.2) is 0 Å². The molecule has 4 heteroatoms.